The maximum absolute atomic E-state index is 13.6. The average molecular weight is 409 g/mol. The molecule has 3 rings (SSSR count). The fourth-order valence-corrected chi connectivity index (χ4v) is 5.62. The summed E-state index contributed by atoms with van der Waals surface area (Å²) in [6.45, 7) is -0.451. The molecule has 1 aromatic rings. The number of halogens is 1. The van der Waals surface area contributed by atoms with Gasteiger partial charge in [-0.15, -0.1) is 0 Å². The summed E-state index contributed by atoms with van der Waals surface area (Å²) in [6.07, 6.45) is 6.46. The van der Waals surface area contributed by atoms with E-state index in [1.54, 1.807) is 17.0 Å². The molecule has 1 saturated carbocycles. The zero-order valence-corrected chi connectivity index (χ0v) is 16.4. The molecule has 0 N–H and O–H groups in total. The summed E-state index contributed by atoms with van der Waals surface area (Å²) in [7, 11) is -3.13. The van der Waals surface area contributed by atoms with E-state index in [2.05, 4.69) is 0 Å². The number of amides is 1. The molecule has 1 aliphatic carbocycles. The van der Waals surface area contributed by atoms with E-state index in [4.69, 9.17) is 4.74 Å². The zero-order valence-electron chi connectivity index (χ0n) is 15.6. The Morgan fingerprint density at radius 3 is 2.50 bits per heavy atom. The number of nitrogens with zero attached hydrogens (tertiary/aromatic N) is 1. The van der Waals surface area contributed by atoms with Crippen LogP contribution in [-0.2, 0) is 24.2 Å². The van der Waals surface area contributed by atoms with Crippen molar-refractivity contribution in [2.75, 3.05) is 18.1 Å². The third kappa shape index (κ3) is 5.19. The van der Waals surface area contributed by atoms with Crippen molar-refractivity contribution >= 4 is 27.8 Å². The van der Waals surface area contributed by atoms with Crippen molar-refractivity contribution in [1.82, 2.24) is 4.90 Å². The highest BCUT2D eigenvalue weighted by Crippen LogP contribution is 2.29. The van der Waals surface area contributed by atoms with Crippen LogP contribution in [-0.4, -0.2) is 55.4 Å². The topological polar surface area (TPSA) is 80.8 Å². The van der Waals surface area contributed by atoms with Crippen molar-refractivity contribution in [2.24, 2.45) is 0 Å². The molecule has 28 heavy (non-hydrogen) atoms. The quantitative estimate of drug-likeness (QED) is 0.532. The van der Waals surface area contributed by atoms with Gasteiger partial charge in [-0.25, -0.2) is 17.6 Å². The zero-order chi connectivity index (χ0) is 20.1. The standard InChI is InChI=1S/C20H24FNO5S/c21-18-8-4-1-5-15(18)9-10-20(24)27-13-19(23)22(16-6-2-3-7-16)17-11-12-28(25,26)14-17/h1,4-5,8-10,16-17H,2-3,6-7,11-14H2/b10-9+/t17-/m1/s1. The predicted octanol–water partition coefficient (Wildman–Crippen LogP) is 2.34. The summed E-state index contributed by atoms with van der Waals surface area (Å²) in [6, 6.07) is 5.64. The molecule has 0 bridgehead atoms. The molecule has 2 aliphatic rings. The minimum Gasteiger partial charge on any atom is -0.452 e. The van der Waals surface area contributed by atoms with Crippen molar-refractivity contribution in [1.29, 1.82) is 0 Å². The van der Waals surface area contributed by atoms with Crippen LogP contribution >= 0.6 is 0 Å². The predicted molar refractivity (Wildman–Crippen MR) is 103 cm³/mol. The second kappa shape index (κ2) is 8.86. The first kappa shape index (κ1) is 20.5. The number of benzene rings is 1. The van der Waals surface area contributed by atoms with Crippen LogP contribution in [0.1, 0.15) is 37.7 Å². The van der Waals surface area contributed by atoms with Gasteiger partial charge in [-0.05, 0) is 31.4 Å². The van der Waals surface area contributed by atoms with Gasteiger partial charge < -0.3 is 9.64 Å². The van der Waals surface area contributed by atoms with Crippen LogP contribution in [0.5, 0.6) is 0 Å². The van der Waals surface area contributed by atoms with Gasteiger partial charge in [-0.3, -0.25) is 4.79 Å². The van der Waals surface area contributed by atoms with Crippen molar-refractivity contribution in [3.8, 4) is 0 Å². The highest BCUT2D eigenvalue weighted by atomic mass is 32.2. The lowest BCUT2D eigenvalue weighted by Crippen LogP contribution is -2.48. The van der Waals surface area contributed by atoms with Gasteiger partial charge in [0.1, 0.15) is 5.82 Å². The SMILES string of the molecule is O=C(/C=C/c1ccccc1F)OCC(=O)N(C1CCCC1)[C@@H]1CCS(=O)(=O)C1. The van der Waals surface area contributed by atoms with Gasteiger partial charge in [0.2, 0.25) is 0 Å². The maximum atomic E-state index is 13.6. The Kier molecular flexibility index (Phi) is 6.49. The van der Waals surface area contributed by atoms with E-state index >= 15 is 0 Å². The second-order valence-corrected chi connectivity index (χ2v) is 9.49. The van der Waals surface area contributed by atoms with Crippen LogP contribution in [0.4, 0.5) is 4.39 Å². The van der Waals surface area contributed by atoms with Crippen LogP contribution in [0.3, 0.4) is 0 Å². The molecule has 1 heterocycles. The van der Waals surface area contributed by atoms with E-state index in [1.807, 2.05) is 0 Å². The first-order valence-corrected chi connectivity index (χ1v) is 11.3. The fourth-order valence-electron chi connectivity index (χ4n) is 3.91. The van der Waals surface area contributed by atoms with Gasteiger partial charge in [-0.2, -0.15) is 0 Å². The lowest BCUT2D eigenvalue weighted by Gasteiger charge is -2.33. The summed E-state index contributed by atoms with van der Waals surface area (Å²) >= 11 is 0. The number of ether oxygens (including phenoxy) is 1. The minimum atomic E-state index is -3.13. The lowest BCUT2D eigenvalue weighted by atomic mass is 10.1. The number of esters is 1. The Balaban J connectivity index is 1.60. The van der Waals surface area contributed by atoms with E-state index in [-0.39, 0.29) is 35.1 Å². The summed E-state index contributed by atoms with van der Waals surface area (Å²) < 4.78 is 42.3. The molecule has 8 heteroatoms. The molecule has 6 nitrogen and oxygen atoms in total. The first-order valence-electron chi connectivity index (χ1n) is 9.47. The molecule has 1 aromatic carbocycles. The van der Waals surface area contributed by atoms with E-state index < -0.39 is 28.2 Å². The van der Waals surface area contributed by atoms with Gasteiger partial charge in [0.15, 0.2) is 16.4 Å². The molecule has 2 fully saturated rings. The summed E-state index contributed by atoms with van der Waals surface area (Å²) in [4.78, 5) is 26.3. The molecular formula is C20H24FNO5S. The Morgan fingerprint density at radius 2 is 1.86 bits per heavy atom. The van der Waals surface area contributed by atoms with Gasteiger partial charge in [-0.1, -0.05) is 31.0 Å². The van der Waals surface area contributed by atoms with E-state index in [0.29, 0.717) is 6.42 Å². The summed E-state index contributed by atoms with van der Waals surface area (Å²) in [5, 5.41) is 0. The smallest absolute Gasteiger partial charge is 0.331 e. The third-order valence-corrected chi connectivity index (χ3v) is 7.00. The van der Waals surface area contributed by atoms with Crippen LogP contribution < -0.4 is 0 Å². The van der Waals surface area contributed by atoms with Crippen LogP contribution in [0, 0.1) is 5.82 Å². The third-order valence-electron chi connectivity index (χ3n) is 5.25. The molecule has 0 radical (unpaired) electrons. The molecule has 1 saturated heterocycles. The molecule has 1 aliphatic heterocycles. The van der Waals surface area contributed by atoms with E-state index in [0.717, 1.165) is 31.8 Å². The molecular weight excluding hydrogens is 385 g/mol. The van der Waals surface area contributed by atoms with E-state index in [1.165, 1.54) is 18.2 Å². The Bertz CT molecular complexity index is 861. The number of hydrogen-bond acceptors (Lipinski definition) is 5. The number of carbonyl (C=O) groups is 2. The van der Waals surface area contributed by atoms with Gasteiger partial charge in [0.25, 0.3) is 5.91 Å². The Labute approximate surface area is 164 Å². The number of rotatable bonds is 6. The average Bonchev–Trinajstić information content (AvgIpc) is 3.29. The molecule has 0 aromatic heterocycles. The van der Waals surface area contributed by atoms with Crippen molar-refractivity contribution in [3.05, 3.63) is 41.7 Å². The monoisotopic (exact) mass is 409 g/mol. The molecule has 1 atom stereocenters. The van der Waals surface area contributed by atoms with Gasteiger partial charge in [0.05, 0.1) is 11.5 Å². The van der Waals surface area contributed by atoms with Gasteiger partial charge in [0, 0.05) is 23.7 Å². The number of hydrogen-bond donors (Lipinski definition) is 0. The summed E-state index contributed by atoms with van der Waals surface area (Å²) in [5.74, 6) is -1.53. The number of sulfone groups is 1. The van der Waals surface area contributed by atoms with Crippen LogP contribution in [0.15, 0.2) is 30.3 Å². The van der Waals surface area contributed by atoms with Crippen LogP contribution in [0.25, 0.3) is 6.08 Å². The summed E-state index contributed by atoms with van der Waals surface area (Å²) in [5.41, 5.74) is 0.245. The molecule has 0 spiro atoms. The maximum Gasteiger partial charge on any atom is 0.331 e. The van der Waals surface area contributed by atoms with Crippen molar-refractivity contribution < 1.29 is 27.1 Å². The number of carbonyl (C=O) groups excluding carboxylic acids is 2. The lowest BCUT2D eigenvalue weighted by molar-refractivity contribution is -0.150. The highest BCUT2D eigenvalue weighted by molar-refractivity contribution is 7.91. The molecule has 152 valence electrons. The van der Waals surface area contributed by atoms with Crippen LogP contribution in [0.2, 0.25) is 0 Å². The van der Waals surface area contributed by atoms with E-state index in [9.17, 15) is 22.4 Å². The Morgan fingerprint density at radius 1 is 1.14 bits per heavy atom. The second-order valence-electron chi connectivity index (χ2n) is 7.26. The normalized spacial score (nSPS) is 21.8. The van der Waals surface area contributed by atoms with Crippen molar-refractivity contribution in [2.45, 2.75) is 44.2 Å². The Hall–Kier alpha value is -2.22. The molecule has 0 unspecified atom stereocenters. The molecule has 1 amide bonds. The van der Waals surface area contributed by atoms with Gasteiger partial charge >= 0.3 is 5.97 Å². The first-order chi connectivity index (χ1) is 13.4. The fraction of sp³-hybridized carbons (Fsp3) is 0.500. The largest absolute Gasteiger partial charge is 0.452 e. The van der Waals surface area contributed by atoms with Crippen molar-refractivity contribution in [3.63, 3.8) is 0 Å². The highest BCUT2D eigenvalue weighted by Gasteiger charge is 2.39. The minimum absolute atomic E-state index is 0.00143.